The van der Waals surface area contributed by atoms with Gasteiger partial charge < -0.3 is 15.3 Å². The van der Waals surface area contributed by atoms with E-state index in [2.05, 4.69) is 5.32 Å². The van der Waals surface area contributed by atoms with E-state index in [1.54, 1.807) is 4.90 Å². The van der Waals surface area contributed by atoms with Crippen LogP contribution in [-0.4, -0.2) is 30.3 Å². The van der Waals surface area contributed by atoms with Gasteiger partial charge in [-0.1, -0.05) is 0 Å². The van der Waals surface area contributed by atoms with Crippen molar-refractivity contribution in [3.8, 4) is 0 Å². The summed E-state index contributed by atoms with van der Waals surface area (Å²) in [6.07, 6.45) is 4.16. The first-order valence-electron chi connectivity index (χ1n) is 7.28. The molecule has 1 aromatic rings. The van der Waals surface area contributed by atoms with Crippen LogP contribution in [-0.2, 0) is 6.54 Å². The van der Waals surface area contributed by atoms with Crippen molar-refractivity contribution in [2.45, 2.75) is 44.3 Å². The van der Waals surface area contributed by atoms with E-state index in [4.69, 9.17) is 5.11 Å². The Kier molecular flexibility index (Phi) is 3.89. The number of rotatable bonds is 7. The van der Waals surface area contributed by atoms with Crippen LogP contribution in [0.4, 0.5) is 14.5 Å². The third-order valence-electron chi connectivity index (χ3n) is 3.86. The van der Waals surface area contributed by atoms with E-state index >= 15 is 0 Å². The van der Waals surface area contributed by atoms with Crippen molar-refractivity contribution >= 4 is 5.69 Å². The Hall–Kier alpha value is -1.20. The van der Waals surface area contributed by atoms with Gasteiger partial charge in [-0.3, -0.25) is 0 Å². The minimum absolute atomic E-state index is 0.0109. The van der Waals surface area contributed by atoms with Crippen molar-refractivity contribution in [2.24, 2.45) is 0 Å². The first-order valence-corrected chi connectivity index (χ1v) is 7.28. The lowest BCUT2D eigenvalue weighted by Gasteiger charge is -2.25. The van der Waals surface area contributed by atoms with Gasteiger partial charge >= 0.3 is 0 Å². The summed E-state index contributed by atoms with van der Waals surface area (Å²) in [6.45, 7) is 0.681. The van der Waals surface area contributed by atoms with E-state index in [1.165, 1.54) is 12.1 Å². The zero-order chi connectivity index (χ0) is 14.1. The van der Waals surface area contributed by atoms with Gasteiger partial charge in [0.25, 0.3) is 0 Å². The van der Waals surface area contributed by atoms with Crippen LogP contribution in [0.1, 0.15) is 31.2 Å². The van der Waals surface area contributed by atoms with E-state index in [0.717, 1.165) is 25.7 Å². The molecule has 0 saturated heterocycles. The Labute approximate surface area is 117 Å². The molecule has 5 heteroatoms. The van der Waals surface area contributed by atoms with Gasteiger partial charge in [-0.05, 0) is 43.4 Å². The third-order valence-corrected chi connectivity index (χ3v) is 3.86. The van der Waals surface area contributed by atoms with E-state index in [9.17, 15) is 8.78 Å². The van der Waals surface area contributed by atoms with Gasteiger partial charge in [0.15, 0.2) is 0 Å². The zero-order valence-electron chi connectivity index (χ0n) is 11.4. The Bertz CT molecular complexity index is 464. The maximum Gasteiger partial charge on any atom is 0.149 e. The fourth-order valence-electron chi connectivity index (χ4n) is 2.51. The largest absolute Gasteiger partial charge is 0.395 e. The van der Waals surface area contributed by atoms with E-state index in [1.807, 2.05) is 0 Å². The van der Waals surface area contributed by atoms with Crippen molar-refractivity contribution in [1.82, 2.24) is 5.32 Å². The zero-order valence-corrected chi connectivity index (χ0v) is 11.4. The molecule has 2 aliphatic carbocycles. The molecule has 0 aromatic heterocycles. The Morgan fingerprint density at radius 2 is 1.80 bits per heavy atom. The fraction of sp³-hybridized carbons (Fsp3) is 0.600. The summed E-state index contributed by atoms with van der Waals surface area (Å²) in [4.78, 5) is 1.66. The average molecular weight is 282 g/mol. The number of benzene rings is 1. The molecule has 20 heavy (non-hydrogen) atoms. The highest BCUT2D eigenvalue weighted by Gasteiger charge is 2.32. The van der Waals surface area contributed by atoms with Gasteiger partial charge in [0.05, 0.1) is 6.61 Å². The van der Waals surface area contributed by atoms with Crippen LogP contribution in [0.15, 0.2) is 12.1 Å². The molecule has 2 aliphatic rings. The number of aliphatic hydroxyl groups is 1. The predicted octanol–water partition coefficient (Wildman–Crippen LogP) is 2.18. The molecule has 1 aromatic carbocycles. The average Bonchev–Trinajstić information content (AvgIpc) is 3.28. The van der Waals surface area contributed by atoms with Gasteiger partial charge in [-0.25, -0.2) is 8.78 Å². The number of aliphatic hydroxyl groups excluding tert-OH is 1. The van der Waals surface area contributed by atoms with E-state index in [-0.39, 0.29) is 24.9 Å². The van der Waals surface area contributed by atoms with Crippen LogP contribution in [0.3, 0.4) is 0 Å². The molecule has 0 heterocycles. The Morgan fingerprint density at radius 3 is 2.30 bits per heavy atom. The van der Waals surface area contributed by atoms with Gasteiger partial charge in [0.1, 0.15) is 17.3 Å². The minimum atomic E-state index is -0.530. The number of hydrogen-bond acceptors (Lipinski definition) is 3. The second-order valence-electron chi connectivity index (χ2n) is 5.71. The normalized spacial score (nSPS) is 18.4. The molecule has 3 rings (SSSR count). The Balaban J connectivity index is 1.78. The summed E-state index contributed by atoms with van der Waals surface area (Å²) < 4.78 is 28.4. The molecule has 3 nitrogen and oxygen atoms in total. The molecule has 0 spiro atoms. The topological polar surface area (TPSA) is 35.5 Å². The first-order chi connectivity index (χ1) is 9.69. The van der Waals surface area contributed by atoms with Crippen molar-refractivity contribution in [2.75, 3.05) is 18.1 Å². The Morgan fingerprint density at radius 1 is 1.15 bits per heavy atom. The van der Waals surface area contributed by atoms with E-state index < -0.39 is 11.6 Å². The minimum Gasteiger partial charge on any atom is -0.395 e. The maximum absolute atomic E-state index is 14.2. The summed E-state index contributed by atoms with van der Waals surface area (Å²) in [5.41, 5.74) is 0.645. The highest BCUT2D eigenvalue weighted by Crippen LogP contribution is 2.35. The number of halogens is 2. The van der Waals surface area contributed by atoms with E-state index in [0.29, 0.717) is 18.2 Å². The van der Waals surface area contributed by atoms with Crippen molar-refractivity contribution in [3.63, 3.8) is 0 Å². The van der Waals surface area contributed by atoms with Crippen molar-refractivity contribution in [1.29, 1.82) is 0 Å². The van der Waals surface area contributed by atoms with Crippen LogP contribution in [0, 0.1) is 11.6 Å². The van der Waals surface area contributed by atoms with Crippen molar-refractivity contribution in [3.05, 3.63) is 29.3 Å². The summed E-state index contributed by atoms with van der Waals surface area (Å²) in [5.74, 6) is -1.06. The standard InChI is InChI=1S/C15H20F2N2O/c16-13-7-10(9-18-11-1-2-11)8-14(17)15(13)19(5-6-20)12-3-4-12/h7-8,11-12,18,20H,1-6,9H2. The van der Waals surface area contributed by atoms with Gasteiger partial charge in [0, 0.05) is 25.2 Å². The van der Waals surface area contributed by atoms with Crippen LogP contribution >= 0.6 is 0 Å². The van der Waals surface area contributed by atoms with Gasteiger partial charge in [-0.15, -0.1) is 0 Å². The number of anilines is 1. The number of nitrogens with zero attached hydrogens (tertiary/aromatic N) is 1. The monoisotopic (exact) mass is 282 g/mol. The summed E-state index contributed by atoms with van der Waals surface area (Å²) in [6, 6.07) is 3.49. The molecule has 0 unspecified atom stereocenters. The smallest absolute Gasteiger partial charge is 0.149 e. The van der Waals surface area contributed by atoms with Crippen molar-refractivity contribution < 1.29 is 13.9 Å². The van der Waals surface area contributed by atoms with Crippen LogP contribution in [0.25, 0.3) is 0 Å². The molecule has 2 fully saturated rings. The lowest BCUT2D eigenvalue weighted by atomic mass is 10.1. The van der Waals surface area contributed by atoms with Crippen LogP contribution < -0.4 is 10.2 Å². The molecule has 110 valence electrons. The second-order valence-corrected chi connectivity index (χ2v) is 5.71. The van der Waals surface area contributed by atoms with Gasteiger partial charge in [0.2, 0.25) is 0 Å². The highest BCUT2D eigenvalue weighted by atomic mass is 19.1. The molecule has 2 N–H and O–H groups in total. The SMILES string of the molecule is OCCN(c1c(F)cc(CNC2CC2)cc1F)C1CC1. The molecular weight excluding hydrogens is 262 g/mol. The molecule has 2 saturated carbocycles. The summed E-state index contributed by atoms with van der Waals surface area (Å²) in [7, 11) is 0. The molecule has 0 radical (unpaired) electrons. The number of hydrogen-bond donors (Lipinski definition) is 2. The lowest BCUT2D eigenvalue weighted by molar-refractivity contribution is 0.300. The second kappa shape index (κ2) is 5.66. The quantitative estimate of drug-likeness (QED) is 0.804. The molecule has 0 atom stereocenters. The number of nitrogens with one attached hydrogen (secondary N) is 1. The van der Waals surface area contributed by atoms with Crippen LogP contribution in [0.2, 0.25) is 0 Å². The highest BCUT2D eigenvalue weighted by molar-refractivity contribution is 5.52. The molecule has 0 amide bonds. The fourth-order valence-corrected chi connectivity index (χ4v) is 2.51. The first kappa shape index (κ1) is 13.8. The summed E-state index contributed by atoms with van der Waals surface area (Å²) >= 11 is 0. The molecular formula is C15H20F2N2O. The lowest BCUT2D eigenvalue weighted by Crippen LogP contribution is -2.30. The third kappa shape index (κ3) is 3.10. The molecule has 0 aliphatic heterocycles. The van der Waals surface area contributed by atoms with Crippen LogP contribution in [0.5, 0.6) is 0 Å². The van der Waals surface area contributed by atoms with Gasteiger partial charge in [-0.2, -0.15) is 0 Å². The molecule has 0 bridgehead atoms. The maximum atomic E-state index is 14.2. The predicted molar refractivity (Wildman–Crippen MR) is 73.7 cm³/mol. The summed E-state index contributed by atoms with van der Waals surface area (Å²) in [5, 5.41) is 12.3.